The number of benzene rings is 4. The van der Waals surface area contributed by atoms with Crippen molar-refractivity contribution >= 4 is 55.5 Å². The summed E-state index contributed by atoms with van der Waals surface area (Å²) in [5, 5.41) is 3.15. The molecule has 0 bridgehead atoms. The molecule has 11 heteroatoms. The first-order valence-electron chi connectivity index (χ1n) is 13.3. The summed E-state index contributed by atoms with van der Waals surface area (Å²) in [6, 6.07) is 32.2. The van der Waals surface area contributed by atoms with Crippen LogP contribution in [0.25, 0.3) is 11.3 Å². The summed E-state index contributed by atoms with van der Waals surface area (Å²) < 4.78 is 39.6. The van der Waals surface area contributed by atoms with E-state index in [-0.39, 0.29) is 11.0 Å². The highest BCUT2D eigenvalue weighted by Gasteiger charge is 2.22. The number of nitrogens with zero attached hydrogens (tertiary/aromatic N) is 2. The molecule has 0 radical (unpaired) electrons. The molecule has 1 aromatic heterocycles. The van der Waals surface area contributed by atoms with E-state index >= 15 is 0 Å². The van der Waals surface area contributed by atoms with Crippen molar-refractivity contribution in [1.82, 2.24) is 4.98 Å². The lowest BCUT2D eigenvalue weighted by atomic mass is 9.88. The lowest BCUT2D eigenvalue weighted by Crippen LogP contribution is -2.36. The molecule has 0 aliphatic carbocycles. The van der Waals surface area contributed by atoms with Crippen molar-refractivity contribution in [3.05, 3.63) is 130 Å². The van der Waals surface area contributed by atoms with Crippen molar-refractivity contribution in [3.8, 4) is 11.3 Å². The molecular formula is C32H28ClFN4O3S2. The van der Waals surface area contributed by atoms with Crippen LogP contribution in [-0.4, -0.2) is 32.2 Å². The molecule has 220 valence electrons. The van der Waals surface area contributed by atoms with E-state index in [4.69, 9.17) is 11.6 Å². The van der Waals surface area contributed by atoms with Gasteiger partial charge in [0.2, 0.25) is 10.0 Å². The zero-order valence-electron chi connectivity index (χ0n) is 23.1. The molecule has 43 heavy (non-hydrogen) atoms. The summed E-state index contributed by atoms with van der Waals surface area (Å²) in [5.74, 6) is -0.371. The molecule has 5 rings (SSSR count). The maximum absolute atomic E-state index is 13.8. The van der Waals surface area contributed by atoms with Gasteiger partial charge in [-0.15, -0.1) is 0 Å². The molecule has 0 unspecified atom stereocenters. The largest absolute Gasteiger partial charge is 0.328 e. The van der Waals surface area contributed by atoms with E-state index in [2.05, 4.69) is 39.3 Å². The summed E-state index contributed by atoms with van der Waals surface area (Å²) >= 11 is 7.61. The summed E-state index contributed by atoms with van der Waals surface area (Å²) in [6.07, 6.45) is 1.68. The first kappa shape index (κ1) is 30.2. The standard InChI is InChI=1S/C32H28ClFN4O3S2/c1-43(40,41)37-26-16-12-24(13-17-26)29-30(33)42-31(35-29)36-32(39)38(27-18-14-25(34)15-19-27)21-20-28(22-8-4-2-5-9-22)23-10-6-3-7-11-23/h2-19,28,37H,20-21H2,1H3,(H,35,36,39). The summed E-state index contributed by atoms with van der Waals surface area (Å²) in [4.78, 5) is 19.8. The van der Waals surface area contributed by atoms with Crippen LogP contribution in [0.15, 0.2) is 109 Å². The fourth-order valence-corrected chi connectivity index (χ4v) is 6.37. The summed E-state index contributed by atoms with van der Waals surface area (Å²) in [7, 11) is -3.41. The Bertz CT molecular complexity index is 1750. The highest BCUT2D eigenvalue weighted by Crippen LogP contribution is 2.36. The minimum atomic E-state index is -3.41. The maximum Gasteiger partial charge on any atom is 0.328 e. The molecule has 0 saturated carbocycles. The van der Waals surface area contributed by atoms with Gasteiger partial charge in [0.25, 0.3) is 0 Å². The highest BCUT2D eigenvalue weighted by molar-refractivity contribution is 7.92. The Morgan fingerprint density at radius 1 is 0.907 bits per heavy atom. The molecule has 4 aromatic carbocycles. The predicted octanol–water partition coefficient (Wildman–Crippen LogP) is 8.23. The minimum absolute atomic E-state index is 0.0271. The Balaban J connectivity index is 1.38. The van der Waals surface area contributed by atoms with E-state index in [0.717, 1.165) is 28.7 Å². The fraction of sp³-hybridized carbons (Fsp3) is 0.125. The average Bonchev–Trinajstić information content (AvgIpc) is 3.36. The normalized spacial score (nSPS) is 11.3. The number of urea groups is 1. The molecule has 0 fully saturated rings. The SMILES string of the molecule is CS(=O)(=O)Nc1ccc(-c2nc(NC(=O)N(CCC(c3ccccc3)c3ccccc3)c3ccc(F)cc3)sc2Cl)cc1. The second-order valence-electron chi connectivity index (χ2n) is 9.81. The van der Waals surface area contributed by atoms with E-state index in [1.807, 2.05) is 36.4 Å². The van der Waals surface area contributed by atoms with Crippen LogP contribution in [-0.2, 0) is 10.0 Å². The summed E-state index contributed by atoms with van der Waals surface area (Å²) in [5.41, 5.74) is 4.31. The third-order valence-corrected chi connectivity index (χ3v) is 8.47. The second-order valence-corrected chi connectivity index (χ2v) is 13.2. The number of carbonyl (C=O) groups is 1. The van der Waals surface area contributed by atoms with Gasteiger partial charge >= 0.3 is 6.03 Å². The van der Waals surface area contributed by atoms with Crippen LogP contribution in [0.5, 0.6) is 0 Å². The van der Waals surface area contributed by atoms with Gasteiger partial charge in [-0.2, -0.15) is 0 Å². The summed E-state index contributed by atoms with van der Waals surface area (Å²) in [6.45, 7) is 0.340. The van der Waals surface area contributed by atoms with Crippen molar-refractivity contribution in [3.63, 3.8) is 0 Å². The quantitative estimate of drug-likeness (QED) is 0.162. The van der Waals surface area contributed by atoms with Crippen molar-refractivity contribution in [1.29, 1.82) is 0 Å². The van der Waals surface area contributed by atoms with E-state index in [1.54, 1.807) is 41.3 Å². The third-order valence-electron chi connectivity index (χ3n) is 6.69. The van der Waals surface area contributed by atoms with Crippen LogP contribution in [0.1, 0.15) is 23.5 Å². The molecule has 0 spiro atoms. The molecule has 0 saturated heterocycles. The second kappa shape index (κ2) is 13.4. The first-order chi connectivity index (χ1) is 20.7. The van der Waals surface area contributed by atoms with Crippen molar-refractivity contribution in [2.75, 3.05) is 27.7 Å². The molecule has 2 amide bonds. The van der Waals surface area contributed by atoms with Gasteiger partial charge in [-0.1, -0.05) is 95.7 Å². The van der Waals surface area contributed by atoms with Gasteiger partial charge in [-0.3, -0.25) is 14.9 Å². The number of sulfonamides is 1. The van der Waals surface area contributed by atoms with Gasteiger partial charge in [-0.25, -0.2) is 22.6 Å². The first-order valence-corrected chi connectivity index (χ1v) is 16.4. The van der Waals surface area contributed by atoms with Crippen LogP contribution in [0, 0.1) is 5.82 Å². The molecule has 5 aromatic rings. The Morgan fingerprint density at radius 3 is 2.05 bits per heavy atom. The smallest absolute Gasteiger partial charge is 0.294 e. The molecule has 0 aliphatic heterocycles. The number of rotatable bonds is 10. The molecule has 2 N–H and O–H groups in total. The van der Waals surface area contributed by atoms with E-state index < -0.39 is 21.9 Å². The van der Waals surface area contributed by atoms with Crippen molar-refractivity contribution in [2.24, 2.45) is 0 Å². The van der Waals surface area contributed by atoms with E-state index in [1.165, 1.54) is 12.1 Å². The van der Waals surface area contributed by atoms with Gasteiger partial charge in [-0.05, 0) is 53.9 Å². The average molecular weight is 635 g/mol. The van der Waals surface area contributed by atoms with Gasteiger partial charge in [0, 0.05) is 29.4 Å². The zero-order chi connectivity index (χ0) is 30.4. The Morgan fingerprint density at radius 2 is 1.49 bits per heavy atom. The zero-order valence-corrected chi connectivity index (χ0v) is 25.5. The lowest BCUT2D eigenvalue weighted by Gasteiger charge is -2.26. The monoisotopic (exact) mass is 634 g/mol. The molecule has 0 aliphatic rings. The number of thiazole rings is 1. The van der Waals surface area contributed by atoms with Crippen LogP contribution in [0.3, 0.4) is 0 Å². The van der Waals surface area contributed by atoms with Crippen LogP contribution in [0.4, 0.5) is 25.7 Å². The Labute approximate surface area is 259 Å². The molecule has 7 nitrogen and oxygen atoms in total. The Hall–Kier alpha value is -4.25. The number of nitrogens with one attached hydrogen (secondary N) is 2. The van der Waals surface area contributed by atoms with Crippen LogP contribution < -0.4 is 14.9 Å². The fourth-order valence-electron chi connectivity index (χ4n) is 4.73. The topological polar surface area (TPSA) is 91.4 Å². The molecule has 0 atom stereocenters. The highest BCUT2D eigenvalue weighted by atomic mass is 35.5. The van der Waals surface area contributed by atoms with Gasteiger partial charge < -0.3 is 0 Å². The lowest BCUT2D eigenvalue weighted by molar-refractivity contribution is 0.256. The number of halogens is 2. The number of carbonyl (C=O) groups excluding carboxylic acids is 1. The molecule has 1 heterocycles. The number of anilines is 3. The van der Waals surface area contributed by atoms with Gasteiger partial charge in [0.1, 0.15) is 15.8 Å². The van der Waals surface area contributed by atoms with Gasteiger partial charge in [0.15, 0.2) is 5.13 Å². The molecular weight excluding hydrogens is 607 g/mol. The predicted molar refractivity (Wildman–Crippen MR) is 173 cm³/mol. The minimum Gasteiger partial charge on any atom is -0.294 e. The van der Waals surface area contributed by atoms with E-state index in [0.29, 0.717) is 39.9 Å². The number of hydrogen-bond donors (Lipinski definition) is 2. The number of amides is 2. The maximum atomic E-state index is 13.8. The third kappa shape index (κ3) is 7.98. The van der Waals surface area contributed by atoms with Crippen molar-refractivity contribution in [2.45, 2.75) is 12.3 Å². The number of hydrogen-bond acceptors (Lipinski definition) is 5. The van der Waals surface area contributed by atoms with Crippen LogP contribution >= 0.6 is 22.9 Å². The van der Waals surface area contributed by atoms with E-state index in [9.17, 15) is 17.6 Å². The van der Waals surface area contributed by atoms with Crippen LogP contribution in [0.2, 0.25) is 4.34 Å². The van der Waals surface area contributed by atoms with Crippen molar-refractivity contribution < 1.29 is 17.6 Å². The number of aromatic nitrogens is 1. The Kier molecular flexibility index (Phi) is 9.40. The van der Waals surface area contributed by atoms with Gasteiger partial charge in [0.05, 0.1) is 6.26 Å².